The van der Waals surface area contributed by atoms with Crippen LogP contribution in [-0.4, -0.2) is 38.7 Å². The third-order valence-corrected chi connectivity index (χ3v) is 6.25. The molecule has 0 spiro atoms. The Hall–Kier alpha value is -2.67. The van der Waals surface area contributed by atoms with Gasteiger partial charge in [-0.25, -0.2) is 0 Å². The molecule has 0 aliphatic carbocycles. The monoisotopic (exact) mass is 366 g/mol. The summed E-state index contributed by atoms with van der Waals surface area (Å²) < 4.78 is 1.88. The minimum Gasteiger partial charge on any atom is -0.336 e. The lowest BCUT2D eigenvalue weighted by atomic mass is 9.83. The number of likely N-dealkylation sites (tertiary alicyclic amines) is 1. The highest BCUT2D eigenvalue weighted by Gasteiger charge is 2.36. The minimum atomic E-state index is -0.0366. The topological polar surface area (TPSA) is 71.0 Å². The molecule has 0 aromatic carbocycles. The van der Waals surface area contributed by atoms with Gasteiger partial charge in [0.05, 0.1) is 10.6 Å². The summed E-state index contributed by atoms with van der Waals surface area (Å²) in [6.07, 6.45) is 1.04. The number of pyridine rings is 1. The van der Waals surface area contributed by atoms with Gasteiger partial charge < -0.3 is 9.47 Å². The Morgan fingerprint density at radius 3 is 2.96 bits per heavy atom. The van der Waals surface area contributed by atoms with E-state index < -0.39 is 0 Å². The number of aromatic amines is 1. The Morgan fingerprint density at radius 2 is 2.12 bits per heavy atom. The van der Waals surface area contributed by atoms with Crippen LogP contribution in [0.1, 0.15) is 28.5 Å². The van der Waals surface area contributed by atoms with E-state index >= 15 is 0 Å². The van der Waals surface area contributed by atoms with Crippen LogP contribution in [0.4, 0.5) is 0 Å². The van der Waals surface area contributed by atoms with E-state index in [4.69, 9.17) is 0 Å². The number of H-pyrrole nitrogens is 1. The van der Waals surface area contributed by atoms with Crippen LogP contribution in [0.5, 0.6) is 0 Å². The summed E-state index contributed by atoms with van der Waals surface area (Å²) >= 11 is 1.62. The summed E-state index contributed by atoms with van der Waals surface area (Å²) in [6, 6.07) is 11.3. The van der Waals surface area contributed by atoms with Gasteiger partial charge in [0, 0.05) is 37.3 Å². The number of nitrogens with zero attached hydrogens (tertiary/aromatic N) is 3. The number of rotatable bonds is 2. The molecule has 0 radical (unpaired) electrons. The highest BCUT2D eigenvalue weighted by molar-refractivity contribution is 7.13. The van der Waals surface area contributed by atoms with E-state index in [-0.39, 0.29) is 17.4 Å². The number of fused-ring (bicyclic) bond motifs is 4. The van der Waals surface area contributed by atoms with Crippen LogP contribution < -0.4 is 5.56 Å². The summed E-state index contributed by atoms with van der Waals surface area (Å²) in [5.74, 6) is 0.502. The van der Waals surface area contributed by atoms with Crippen LogP contribution in [0.15, 0.2) is 46.6 Å². The largest absolute Gasteiger partial charge is 0.336 e. The zero-order valence-corrected chi connectivity index (χ0v) is 14.9. The van der Waals surface area contributed by atoms with Crippen LogP contribution in [0.2, 0.25) is 0 Å². The number of nitrogens with one attached hydrogen (secondary N) is 1. The second-order valence-electron chi connectivity index (χ2n) is 7.05. The summed E-state index contributed by atoms with van der Waals surface area (Å²) in [7, 11) is 0. The molecular formula is C19H18N4O2S. The fourth-order valence-corrected chi connectivity index (χ4v) is 4.91. The summed E-state index contributed by atoms with van der Waals surface area (Å²) in [5.41, 5.74) is 2.44. The van der Waals surface area contributed by atoms with Crippen molar-refractivity contribution >= 4 is 17.2 Å². The molecule has 5 rings (SSSR count). The number of hydrogen-bond acceptors (Lipinski definition) is 4. The van der Waals surface area contributed by atoms with Gasteiger partial charge in [-0.15, -0.1) is 11.3 Å². The molecule has 1 saturated heterocycles. The van der Waals surface area contributed by atoms with E-state index in [2.05, 4.69) is 10.2 Å². The Labute approximate surface area is 154 Å². The molecule has 0 unspecified atom stereocenters. The number of thiophene rings is 1. The first-order chi connectivity index (χ1) is 12.7. The van der Waals surface area contributed by atoms with Gasteiger partial charge in [0.25, 0.3) is 11.5 Å². The minimum absolute atomic E-state index is 0.0366. The molecule has 132 valence electrons. The van der Waals surface area contributed by atoms with Crippen molar-refractivity contribution in [2.24, 2.45) is 5.92 Å². The maximum absolute atomic E-state index is 13.0. The van der Waals surface area contributed by atoms with Gasteiger partial charge in [-0.3, -0.25) is 14.7 Å². The van der Waals surface area contributed by atoms with Crippen LogP contribution in [0, 0.1) is 5.92 Å². The smallest absolute Gasteiger partial charge is 0.274 e. The normalized spacial score (nSPS) is 21.5. The number of piperidine rings is 1. The van der Waals surface area contributed by atoms with Crippen molar-refractivity contribution < 1.29 is 4.79 Å². The Bertz CT molecular complexity index is 1020. The number of amides is 1. The average Bonchev–Trinajstić information content (AvgIpc) is 3.33. The molecule has 1 amide bonds. The van der Waals surface area contributed by atoms with Gasteiger partial charge in [-0.05, 0) is 35.9 Å². The lowest BCUT2D eigenvalue weighted by Gasteiger charge is -2.42. The first-order valence-electron chi connectivity index (χ1n) is 8.77. The molecule has 2 bridgehead atoms. The second kappa shape index (κ2) is 5.95. The van der Waals surface area contributed by atoms with Crippen molar-refractivity contribution in [2.45, 2.75) is 18.9 Å². The van der Waals surface area contributed by atoms with Crippen molar-refractivity contribution in [2.75, 3.05) is 13.1 Å². The SMILES string of the molecule is O=C(c1cc(-c2cccs2)[nH]n1)N1C[C@@H]2C[C@@H](C1)c1cccc(=O)n1C2. The fourth-order valence-electron chi connectivity index (χ4n) is 4.21. The molecule has 2 aliphatic heterocycles. The Balaban J connectivity index is 1.41. The molecule has 6 nitrogen and oxygen atoms in total. The summed E-state index contributed by atoms with van der Waals surface area (Å²) in [4.78, 5) is 28.1. The molecule has 7 heteroatoms. The van der Waals surface area contributed by atoms with E-state index in [9.17, 15) is 9.59 Å². The standard InChI is InChI=1S/C19H18N4O2S/c24-18-5-1-3-16-13-7-12(10-23(16)18)9-22(11-13)19(25)15-8-14(20-21-15)17-4-2-6-26-17/h1-6,8,12-13H,7,9-11H2,(H,20,21)/t12-,13-/m0/s1. The van der Waals surface area contributed by atoms with Gasteiger partial charge in [-0.2, -0.15) is 5.10 Å². The van der Waals surface area contributed by atoms with Gasteiger partial charge in [-0.1, -0.05) is 12.1 Å². The molecule has 1 fully saturated rings. The van der Waals surface area contributed by atoms with Crippen LogP contribution in [-0.2, 0) is 6.54 Å². The van der Waals surface area contributed by atoms with E-state index in [1.54, 1.807) is 17.4 Å². The van der Waals surface area contributed by atoms with E-state index in [0.29, 0.717) is 31.2 Å². The highest BCUT2D eigenvalue weighted by atomic mass is 32.1. The predicted octanol–water partition coefficient (Wildman–Crippen LogP) is 2.56. The zero-order chi connectivity index (χ0) is 17.7. The molecule has 3 aromatic heterocycles. The van der Waals surface area contributed by atoms with Crippen molar-refractivity contribution in [3.05, 3.63) is 63.5 Å². The zero-order valence-electron chi connectivity index (χ0n) is 14.1. The Morgan fingerprint density at radius 1 is 1.19 bits per heavy atom. The number of carbonyl (C=O) groups excluding carboxylic acids is 1. The predicted molar refractivity (Wildman–Crippen MR) is 99.4 cm³/mol. The maximum Gasteiger partial charge on any atom is 0.274 e. The first-order valence-corrected chi connectivity index (χ1v) is 9.65. The molecule has 3 aromatic rings. The molecule has 2 atom stereocenters. The van der Waals surface area contributed by atoms with Crippen molar-refractivity contribution in [3.63, 3.8) is 0 Å². The second-order valence-corrected chi connectivity index (χ2v) is 8.00. The van der Waals surface area contributed by atoms with E-state index in [1.807, 2.05) is 45.2 Å². The average molecular weight is 366 g/mol. The van der Waals surface area contributed by atoms with Gasteiger partial charge in [0.1, 0.15) is 0 Å². The van der Waals surface area contributed by atoms with Gasteiger partial charge in [0.2, 0.25) is 0 Å². The van der Waals surface area contributed by atoms with Crippen molar-refractivity contribution in [3.8, 4) is 10.6 Å². The molecule has 1 N–H and O–H groups in total. The van der Waals surface area contributed by atoms with Crippen LogP contribution >= 0.6 is 11.3 Å². The quantitative estimate of drug-likeness (QED) is 0.758. The lowest BCUT2D eigenvalue weighted by molar-refractivity contribution is 0.0588. The van der Waals surface area contributed by atoms with Gasteiger partial charge in [0.15, 0.2) is 5.69 Å². The highest BCUT2D eigenvalue weighted by Crippen LogP contribution is 2.35. The molecular weight excluding hydrogens is 348 g/mol. The van der Waals surface area contributed by atoms with Gasteiger partial charge >= 0.3 is 0 Å². The lowest BCUT2D eigenvalue weighted by Crippen LogP contribution is -2.49. The molecule has 2 aliphatic rings. The number of aromatic nitrogens is 3. The van der Waals surface area contributed by atoms with E-state index in [0.717, 1.165) is 22.7 Å². The molecule has 26 heavy (non-hydrogen) atoms. The van der Waals surface area contributed by atoms with E-state index in [1.165, 1.54) is 0 Å². The number of hydrogen-bond donors (Lipinski definition) is 1. The third-order valence-electron chi connectivity index (χ3n) is 5.35. The molecule has 0 saturated carbocycles. The Kier molecular flexibility index (Phi) is 3.56. The summed E-state index contributed by atoms with van der Waals surface area (Å²) in [5, 5.41) is 9.21. The van der Waals surface area contributed by atoms with Crippen LogP contribution in [0.3, 0.4) is 0 Å². The van der Waals surface area contributed by atoms with Crippen molar-refractivity contribution in [1.82, 2.24) is 19.7 Å². The van der Waals surface area contributed by atoms with Crippen LogP contribution in [0.25, 0.3) is 10.6 Å². The maximum atomic E-state index is 13.0. The fraction of sp³-hybridized carbons (Fsp3) is 0.316. The molecule has 5 heterocycles. The summed E-state index contributed by atoms with van der Waals surface area (Å²) in [6.45, 7) is 2.01. The third kappa shape index (κ3) is 2.50. The first kappa shape index (κ1) is 15.6. The number of carbonyl (C=O) groups is 1. The van der Waals surface area contributed by atoms with Crippen molar-refractivity contribution in [1.29, 1.82) is 0 Å².